The molecular formula is C21H19FN4O2. The molecule has 0 unspecified atom stereocenters. The molecule has 1 amide bonds. The van der Waals surface area contributed by atoms with E-state index in [4.69, 9.17) is 4.42 Å². The number of carbonyl (C=O) groups is 1. The normalized spacial score (nSPS) is 14.6. The number of furan rings is 1. The topological polar surface area (TPSA) is 62.5 Å². The van der Waals surface area contributed by atoms with Crippen molar-refractivity contribution < 1.29 is 13.6 Å². The Morgan fingerprint density at radius 1 is 1.00 bits per heavy atom. The van der Waals surface area contributed by atoms with Crippen molar-refractivity contribution in [3.8, 4) is 11.5 Å². The molecule has 0 radical (unpaired) electrons. The van der Waals surface area contributed by atoms with Crippen molar-refractivity contribution in [2.75, 3.05) is 31.1 Å². The minimum Gasteiger partial charge on any atom is -0.463 e. The number of anilines is 1. The van der Waals surface area contributed by atoms with Crippen molar-refractivity contribution >= 4 is 17.8 Å². The van der Waals surface area contributed by atoms with Gasteiger partial charge in [0.25, 0.3) is 0 Å². The summed E-state index contributed by atoms with van der Waals surface area (Å²) in [7, 11) is 0. The first-order chi connectivity index (χ1) is 13.7. The van der Waals surface area contributed by atoms with Gasteiger partial charge in [-0.25, -0.2) is 4.39 Å². The van der Waals surface area contributed by atoms with Crippen molar-refractivity contribution in [3.05, 3.63) is 72.3 Å². The number of hydrogen-bond donors (Lipinski definition) is 0. The molecule has 0 saturated carbocycles. The molecule has 3 heterocycles. The molecule has 0 spiro atoms. The average molecular weight is 378 g/mol. The van der Waals surface area contributed by atoms with Gasteiger partial charge in [0.15, 0.2) is 11.6 Å². The summed E-state index contributed by atoms with van der Waals surface area (Å²) in [5.41, 5.74) is 1.48. The Hall–Kier alpha value is -3.48. The standard InChI is InChI=1S/C21H19FN4O2/c22-17-6-3-16(4-7-17)5-10-21(27)26-13-11-25(12-14-26)20-9-8-18(23-24-20)19-2-1-15-28-19/h1-10,15H,11-14H2/b10-5+. The van der Waals surface area contributed by atoms with Crippen LogP contribution in [0.15, 0.2) is 65.3 Å². The van der Waals surface area contributed by atoms with E-state index in [1.807, 2.05) is 24.3 Å². The van der Waals surface area contributed by atoms with Crippen molar-refractivity contribution in [2.24, 2.45) is 0 Å². The number of nitrogens with zero attached hydrogens (tertiary/aromatic N) is 4. The maximum Gasteiger partial charge on any atom is 0.246 e. The van der Waals surface area contributed by atoms with Crippen LogP contribution in [0, 0.1) is 5.82 Å². The second-order valence-electron chi connectivity index (χ2n) is 6.45. The summed E-state index contributed by atoms with van der Waals surface area (Å²) in [4.78, 5) is 16.3. The van der Waals surface area contributed by atoms with Gasteiger partial charge >= 0.3 is 0 Å². The van der Waals surface area contributed by atoms with E-state index in [-0.39, 0.29) is 11.7 Å². The first-order valence-electron chi connectivity index (χ1n) is 9.04. The highest BCUT2D eigenvalue weighted by Crippen LogP contribution is 2.19. The fourth-order valence-electron chi connectivity index (χ4n) is 3.05. The lowest BCUT2D eigenvalue weighted by Gasteiger charge is -2.34. The first kappa shape index (κ1) is 17.9. The molecule has 1 aliphatic heterocycles. The van der Waals surface area contributed by atoms with Crippen molar-refractivity contribution in [3.63, 3.8) is 0 Å². The van der Waals surface area contributed by atoms with Crippen molar-refractivity contribution in [1.29, 1.82) is 0 Å². The van der Waals surface area contributed by atoms with Crippen LogP contribution in [0.2, 0.25) is 0 Å². The van der Waals surface area contributed by atoms with Gasteiger partial charge in [-0.2, -0.15) is 0 Å². The highest BCUT2D eigenvalue weighted by molar-refractivity contribution is 5.91. The van der Waals surface area contributed by atoms with E-state index in [9.17, 15) is 9.18 Å². The van der Waals surface area contributed by atoms with Crippen LogP contribution in [-0.2, 0) is 4.79 Å². The minimum absolute atomic E-state index is 0.0526. The number of hydrogen-bond acceptors (Lipinski definition) is 5. The molecule has 1 aromatic carbocycles. The molecular weight excluding hydrogens is 359 g/mol. The molecule has 0 aliphatic carbocycles. The van der Waals surface area contributed by atoms with Crippen molar-refractivity contribution in [1.82, 2.24) is 15.1 Å². The van der Waals surface area contributed by atoms with Crippen LogP contribution in [0.5, 0.6) is 0 Å². The molecule has 142 valence electrons. The Labute approximate surface area is 161 Å². The zero-order valence-electron chi connectivity index (χ0n) is 15.2. The highest BCUT2D eigenvalue weighted by Gasteiger charge is 2.21. The number of amides is 1. The largest absolute Gasteiger partial charge is 0.463 e. The van der Waals surface area contributed by atoms with E-state index < -0.39 is 0 Å². The minimum atomic E-state index is -0.292. The Kier molecular flexibility index (Phi) is 5.14. The second-order valence-corrected chi connectivity index (χ2v) is 6.45. The summed E-state index contributed by atoms with van der Waals surface area (Å²) in [6.45, 7) is 2.58. The molecule has 0 N–H and O–H groups in total. The van der Waals surface area contributed by atoms with Crippen LogP contribution in [0.4, 0.5) is 10.2 Å². The van der Waals surface area contributed by atoms with Gasteiger partial charge < -0.3 is 14.2 Å². The van der Waals surface area contributed by atoms with Gasteiger partial charge in [0.05, 0.1) is 6.26 Å². The van der Waals surface area contributed by atoms with Gasteiger partial charge in [-0.1, -0.05) is 12.1 Å². The summed E-state index contributed by atoms with van der Waals surface area (Å²) in [6.07, 6.45) is 4.83. The van der Waals surface area contributed by atoms with Gasteiger partial charge in [-0.05, 0) is 48.0 Å². The van der Waals surface area contributed by atoms with E-state index in [1.165, 1.54) is 18.2 Å². The van der Waals surface area contributed by atoms with E-state index in [0.717, 1.165) is 11.4 Å². The predicted molar refractivity (Wildman–Crippen MR) is 104 cm³/mol. The summed E-state index contributed by atoms with van der Waals surface area (Å²) >= 11 is 0. The molecule has 4 rings (SSSR count). The summed E-state index contributed by atoms with van der Waals surface area (Å²) < 4.78 is 18.2. The number of rotatable bonds is 4. The molecule has 0 atom stereocenters. The summed E-state index contributed by atoms with van der Waals surface area (Å²) in [6, 6.07) is 13.5. The first-order valence-corrected chi connectivity index (χ1v) is 9.04. The number of benzene rings is 1. The molecule has 1 aliphatic rings. The molecule has 6 nitrogen and oxygen atoms in total. The quantitative estimate of drug-likeness (QED) is 0.652. The molecule has 1 fully saturated rings. The molecule has 2 aromatic heterocycles. The number of aromatic nitrogens is 2. The number of halogens is 1. The predicted octanol–water partition coefficient (Wildman–Crippen LogP) is 3.24. The lowest BCUT2D eigenvalue weighted by atomic mass is 10.2. The Bertz CT molecular complexity index is 945. The summed E-state index contributed by atoms with van der Waals surface area (Å²) in [5.74, 6) is 1.12. The van der Waals surface area contributed by atoms with Gasteiger partial charge in [0.1, 0.15) is 11.5 Å². The van der Waals surface area contributed by atoms with E-state index >= 15 is 0 Å². The van der Waals surface area contributed by atoms with Crippen LogP contribution >= 0.6 is 0 Å². The van der Waals surface area contributed by atoms with Crippen LogP contribution in [-0.4, -0.2) is 47.2 Å². The fraction of sp³-hybridized carbons (Fsp3) is 0.190. The maximum atomic E-state index is 12.9. The smallest absolute Gasteiger partial charge is 0.246 e. The second kappa shape index (κ2) is 8.04. The molecule has 28 heavy (non-hydrogen) atoms. The summed E-state index contributed by atoms with van der Waals surface area (Å²) in [5, 5.41) is 8.50. The maximum absolute atomic E-state index is 12.9. The SMILES string of the molecule is O=C(/C=C/c1ccc(F)cc1)N1CCN(c2ccc(-c3ccco3)nn2)CC1. The third-order valence-electron chi connectivity index (χ3n) is 4.63. The lowest BCUT2D eigenvalue weighted by molar-refractivity contribution is -0.126. The number of piperazine rings is 1. The van der Waals surface area contributed by atoms with E-state index in [2.05, 4.69) is 15.1 Å². The van der Waals surface area contributed by atoms with Crippen LogP contribution in [0.25, 0.3) is 17.5 Å². The van der Waals surface area contributed by atoms with Gasteiger partial charge in [0, 0.05) is 32.3 Å². The Balaban J connectivity index is 1.32. The molecule has 7 heteroatoms. The monoisotopic (exact) mass is 378 g/mol. The van der Waals surface area contributed by atoms with Crippen LogP contribution < -0.4 is 4.90 Å². The van der Waals surface area contributed by atoms with E-state index in [0.29, 0.717) is 37.6 Å². The zero-order chi connectivity index (χ0) is 19.3. The highest BCUT2D eigenvalue weighted by atomic mass is 19.1. The van der Waals surface area contributed by atoms with Gasteiger partial charge in [-0.15, -0.1) is 10.2 Å². The fourth-order valence-corrected chi connectivity index (χ4v) is 3.05. The zero-order valence-corrected chi connectivity index (χ0v) is 15.2. The van der Waals surface area contributed by atoms with Crippen molar-refractivity contribution in [2.45, 2.75) is 0 Å². The Morgan fingerprint density at radius 2 is 1.79 bits per heavy atom. The third kappa shape index (κ3) is 4.09. The molecule has 3 aromatic rings. The van der Waals surface area contributed by atoms with Crippen LogP contribution in [0.1, 0.15) is 5.56 Å². The number of carbonyl (C=O) groups excluding carboxylic acids is 1. The van der Waals surface area contributed by atoms with E-state index in [1.54, 1.807) is 29.4 Å². The van der Waals surface area contributed by atoms with Gasteiger partial charge in [0.2, 0.25) is 5.91 Å². The average Bonchev–Trinajstić information content (AvgIpc) is 3.28. The van der Waals surface area contributed by atoms with Gasteiger partial charge in [-0.3, -0.25) is 4.79 Å². The van der Waals surface area contributed by atoms with Crippen LogP contribution in [0.3, 0.4) is 0 Å². The lowest BCUT2D eigenvalue weighted by Crippen LogP contribution is -2.48. The third-order valence-corrected chi connectivity index (χ3v) is 4.63. The molecule has 0 bridgehead atoms. The molecule has 1 saturated heterocycles. The Morgan fingerprint density at radius 3 is 2.43 bits per heavy atom.